The lowest BCUT2D eigenvalue weighted by atomic mass is 9.82. The van der Waals surface area contributed by atoms with Gasteiger partial charge in [-0.25, -0.2) is 4.39 Å². The third-order valence-corrected chi connectivity index (χ3v) is 8.40. The molecule has 3 atom stereocenters. The zero-order valence-electron chi connectivity index (χ0n) is 26.0. The van der Waals surface area contributed by atoms with E-state index in [1.54, 1.807) is 0 Å². The number of ether oxygens (including phenoxy) is 3. The maximum absolute atomic E-state index is 15.5. The molecule has 3 aromatic rings. The lowest BCUT2D eigenvalue weighted by Gasteiger charge is -2.27. The topological polar surface area (TPSA) is 97.3 Å². The van der Waals surface area contributed by atoms with Gasteiger partial charge in [0.1, 0.15) is 11.6 Å². The van der Waals surface area contributed by atoms with Crippen LogP contribution in [0.25, 0.3) is 0 Å². The molecule has 2 aliphatic rings. The van der Waals surface area contributed by atoms with Crippen molar-refractivity contribution < 1.29 is 33.3 Å². The van der Waals surface area contributed by atoms with Crippen LogP contribution in [0.1, 0.15) is 67.5 Å². The molecule has 2 N–H and O–H groups in total. The van der Waals surface area contributed by atoms with Crippen molar-refractivity contribution in [3.05, 3.63) is 82.2 Å². The molecule has 1 fully saturated rings. The molecule has 3 aromatic carbocycles. The highest BCUT2D eigenvalue weighted by Gasteiger charge is 2.49. The average molecular weight is 605 g/mol. The van der Waals surface area contributed by atoms with Crippen LogP contribution in [0, 0.1) is 24.6 Å². The molecular formula is C35H41FN2O6. The number of amides is 1. The van der Waals surface area contributed by atoms with Crippen molar-refractivity contribution in [3.8, 4) is 17.2 Å². The molecule has 44 heavy (non-hydrogen) atoms. The summed E-state index contributed by atoms with van der Waals surface area (Å²) in [6, 6.07) is 13.6. The number of hydrogen-bond acceptors (Lipinski definition) is 6. The van der Waals surface area contributed by atoms with E-state index in [2.05, 4.69) is 45.1 Å². The van der Waals surface area contributed by atoms with Gasteiger partial charge in [0.2, 0.25) is 12.7 Å². The molecule has 5 rings (SSSR count). The normalized spacial score (nSPS) is 19.4. The first-order valence-electron chi connectivity index (χ1n) is 15.3. The predicted molar refractivity (Wildman–Crippen MR) is 166 cm³/mol. The first kappa shape index (κ1) is 31.3. The summed E-state index contributed by atoms with van der Waals surface area (Å²) >= 11 is 0. The summed E-state index contributed by atoms with van der Waals surface area (Å²) in [5.74, 6) is -1.97. The Bertz CT molecular complexity index is 1500. The number of carboxylic acid groups (broad SMARTS) is 1. The van der Waals surface area contributed by atoms with Gasteiger partial charge in [-0.05, 0) is 66.1 Å². The summed E-state index contributed by atoms with van der Waals surface area (Å²) in [7, 11) is 0. The first-order chi connectivity index (χ1) is 21.1. The molecule has 0 aliphatic carbocycles. The minimum absolute atomic E-state index is 0.0239. The number of carbonyl (C=O) groups is 2. The molecular weight excluding hydrogens is 563 g/mol. The molecule has 0 aromatic heterocycles. The Hall–Kier alpha value is -4.11. The second kappa shape index (κ2) is 13.3. The van der Waals surface area contributed by atoms with Crippen LogP contribution in [0.3, 0.4) is 0 Å². The first-order valence-corrected chi connectivity index (χ1v) is 15.3. The van der Waals surface area contributed by atoms with Crippen LogP contribution >= 0.6 is 0 Å². The number of aryl methyl sites for hydroxylation is 3. The molecule has 0 bridgehead atoms. The highest BCUT2D eigenvalue weighted by atomic mass is 19.1. The fraction of sp³-hybridized carbons (Fsp3) is 0.429. The van der Waals surface area contributed by atoms with Crippen LogP contribution in [-0.4, -0.2) is 48.4 Å². The molecule has 9 heteroatoms. The average Bonchev–Trinajstić information content (AvgIpc) is 3.60. The van der Waals surface area contributed by atoms with E-state index in [0.717, 1.165) is 35.2 Å². The van der Waals surface area contributed by atoms with Crippen LogP contribution < -0.4 is 19.5 Å². The highest BCUT2D eigenvalue weighted by molar-refractivity contribution is 5.94. The number of halogens is 1. The molecule has 1 unspecified atom stereocenters. The standard InChI is InChI=1S/C35H41FN2O6/c1-6-22-12-21(5)13-23(7-2)33(22)37-31(39)17-38-16-27(26-14-29-30(15-28(26)36)44-19-43-29)32(35(40)41)34(38)24-8-10-25(11-9-24)42-18-20(3)4/h8-15,20,27,32,34H,6-7,16-19H2,1-5H3,(H,37,39)(H,40,41)/t27-,32?,34+/m1/s1. The van der Waals surface area contributed by atoms with Crippen molar-refractivity contribution >= 4 is 17.6 Å². The largest absolute Gasteiger partial charge is 0.493 e. The van der Waals surface area contributed by atoms with Crippen LogP contribution in [0.5, 0.6) is 17.2 Å². The number of rotatable bonds is 11. The Balaban J connectivity index is 1.50. The van der Waals surface area contributed by atoms with Gasteiger partial charge in [0.05, 0.1) is 19.1 Å². The number of aliphatic carboxylic acids is 1. The van der Waals surface area contributed by atoms with Crippen molar-refractivity contribution in [1.82, 2.24) is 4.90 Å². The van der Waals surface area contributed by atoms with E-state index in [9.17, 15) is 14.7 Å². The lowest BCUT2D eigenvalue weighted by molar-refractivity contribution is -0.143. The number of likely N-dealkylation sites (tertiary alicyclic amines) is 1. The van der Waals surface area contributed by atoms with Crippen LogP contribution in [0.15, 0.2) is 48.5 Å². The van der Waals surface area contributed by atoms with Crippen LogP contribution in [-0.2, 0) is 22.4 Å². The maximum atomic E-state index is 15.5. The van der Waals surface area contributed by atoms with E-state index in [4.69, 9.17) is 14.2 Å². The number of nitrogens with zero attached hydrogens (tertiary/aromatic N) is 1. The van der Waals surface area contributed by atoms with E-state index >= 15 is 4.39 Å². The number of fused-ring (bicyclic) bond motifs is 1. The van der Waals surface area contributed by atoms with E-state index in [-0.39, 0.29) is 37.1 Å². The number of carboxylic acids is 1. The Kier molecular flexibility index (Phi) is 9.44. The lowest BCUT2D eigenvalue weighted by Crippen LogP contribution is -2.35. The minimum Gasteiger partial charge on any atom is -0.493 e. The zero-order chi connectivity index (χ0) is 31.5. The number of nitrogens with one attached hydrogen (secondary N) is 1. The van der Waals surface area contributed by atoms with Gasteiger partial charge in [0, 0.05) is 30.3 Å². The molecule has 1 saturated heterocycles. The van der Waals surface area contributed by atoms with Gasteiger partial charge in [-0.15, -0.1) is 0 Å². The van der Waals surface area contributed by atoms with Crippen LogP contribution in [0.2, 0.25) is 0 Å². The molecule has 8 nitrogen and oxygen atoms in total. The Morgan fingerprint density at radius 2 is 1.68 bits per heavy atom. The van der Waals surface area contributed by atoms with Crippen molar-refractivity contribution in [1.29, 1.82) is 0 Å². The second-order valence-corrected chi connectivity index (χ2v) is 12.1. The smallest absolute Gasteiger partial charge is 0.309 e. The quantitative estimate of drug-likeness (QED) is 0.258. The third-order valence-electron chi connectivity index (χ3n) is 8.40. The summed E-state index contributed by atoms with van der Waals surface area (Å²) in [5.41, 5.74) is 4.98. The van der Waals surface area contributed by atoms with Crippen molar-refractivity contribution in [2.75, 3.05) is 31.8 Å². The molecule has 2 heterocycles. The monoisotopic (exact) mass is 604 g/mol. The number of anilines is 1. The number of benzene rings is 3. The third kappa shape index (κ3) is 6.53. The van der Waals surface area contributed by atoms with Gasteiger partial charge in [0.15, 0.2) is 11.5 Å². The van der Waals surface area contributed by atoms with Crippen molar-refractivity contribution in [2.24, 2.45) is 11.8 Å². The molecule has 2 aliphatic heterocycles. The van der Waals surface area contributed by atoms with Gasteiger partial charge in [-0.1, -0.05) is 57.5 Å². The number of carbonyl (C=O) groups excluding carboxylic acids is 1. The van der Waals surface area contributed by atoms with Gasteiger partial charge in [0.25, 0.3) is 0 Å². The molecule has 0 radical (unpaired) electrons. The maximum Gasteiger partial charge on any atom is 0.309 e. The van der Waals surface area contributed by atoms with Gasteiger partial charge in [-0.3, -0.25) is 14.5 Å². The summed E-state index contributed by atoms with van der Waals surface area (Å²) in [6.45, 7) is 10.9. The highest BCUT2D eigenvalue weighted by Crippen LogP contribution is 2.48. The van der Waals surface area contributed by atoms with E-state index in [1.165, 1.54) is 12.1 Å². The molecule has 0 saturated carbocycles. The summed E-state index contributed by atoms with van der Waals surface area (Å²) in [4.78, 5) is 28.5. The zero-order valence-corrected chi connectivity index (χ0v) is 26.0. The summed E-state index contributed by atoms with van der Waals surface area (Å²) in [6.07, 6.45) is 1.52. The molecule has 0 spiro atoms. The number of hydrogen-bond donors (Lipinski definition) is 2. The van der Waals surface area contributed by atoms with Crippen molar-refractivity contribution in [2.45, 2.75) is 59.4 Å². The summed E-state index contributed by atoms with van der Waals surface area (Å²) in [5, 5.41) is 13.7. The minimum atomic E-state index is -1.07. The Morgan fingerprint density at radius 1 is 1.05 bits per heavy atom. The van der Waals surface area contributed by atoms with Crippen LogP contribution in [0.4, 0.5) is 10.1 Å². The fourth-order valence-electron chi connectivity index (χ4n) is 6.37. The van der Waals surface area contributed by atoms with Gasteiger partial charge >= 0.3 is 5.97 Å². The predicted octanol–water partition coefficient (Wildman–Crippen LogP) is 6.50. The molecule has 234 valence electrons. The second-order valence-electron chi connectivity index (χ2n) is 12.1. The fourth-order valence-corrected chi connectivity index (χ4v) is 6.37. The van der Waals surface area contributed by atoms with E-state index in [1.807, 2.05) is 36.1 Å². The SMILES string of the molecule is CCc1cc(C)cc(CC)c1NC(=O)CN1C[C@H](c2cc3c(cc2F)OCO3)C(C(=O)O)[C@@H]1c1ccc(OCC(C)C)cc1. The summed E-state index contributed by atoms with van der Waals surface area (Å²) < 4.78 is 32.2. The molecule has 1 amide bonds. The Morgan fingerprint density at radius 3 is 2.27 bits per heavy atom. The Labute approximate surface area is 258 Å². The van der Waals surface area contributed by atoms with Gasteiger partial charge < -0.3 is 24.6 Å². The van der Waals surface area contributed by atoms with E-state index in [0.29, 0.717) is 29.6 Å². The van der Waals surface area contributed by atoms with Gasteiger partial charge in [-0.2, -0.15) is 0 Å². The van der Waals surface area contributed by atoms with Crippen molar-refractivity contribution in [3.63, 3.8) is 0 Å². The van der Waals surface area contributed by atoms with E-state index < -0.39 is 29.7 Å².